The van der Waals surface area contributed by atoms with Gasteiger partial charge >= 0.3 is 0 Å². The van der Waals surface area contributed by atoms with E-state index in [0.717, 1.165) is 5.69 Å². The Morgan fingerprint density at radius 2 is 1.52 bits per heavy atom. The summed E-state index contributed by atoms with van der Waals surface area (Å²) in [4.78, 5) is 11.2. The summed E-state index contributed by atoms with van der Waals surface area (Å²) in [5.74, 6) is -0.178. The molecule has 0 saturated carbocycles. The number of carbonyl (C=O) groups is 1. The zero-order valence-electron chi connectivity index (χ0n) is 14.6. The lowest BCUT2D eigenvalue weighted by Gasteiger charge is -2.23. The Balaban J connectivity index is 1.96. The fourth-order valence-corrected chi connectivity index (χ4v) is 3.26. The molecule has 0 spiro atoms. The molecule has 6 nitrogen and oxygen atoms in total. The van der Waals surface area contributed by atoms with E-state index in [2.05, 4.69) is 10.6 Å². The largest absolute Gasteiger partial charge is 0.354 e. The molecular weight excluding hydrogens is 362 g/mol. The SMILES string of the molecule is CC(=O)Nc1ccc(N(c2ccccc2Nc2ccccc2)S(=O)O)cc1. The van der Waals surface area contributed by atoms with Crippen molar-refractivity contribution in [2.75, 3.05) is 14.9 Å². The highest BCUT2D eigenvalue weighted by Gasteiger charge is 2.18. The average molecular weight is 381 g/mol. The van der Waals surface area contributed by atoms with Crippen LogP contribution < -0.4 is 14.9 Å². The molecule has 0 aliphatic carbocycles. The highest BCUT2D eigenvalue weighted by Crippen LogP contribution is 2.35. The molecule has 7 heteroatoms. The Bertz CT molecular complexity index is 946. The summed E-state index contributed by atoms with van der Waals surface area (Å²) >= 11 is -2.28. The van der Waals surface area contributed by atoms with Gasteiger partial charge in [0.2, 0.25) is 5.91 Å². The first kappa shape index (κ1) is 18.6. The number of anilines is 5. The normalized spacial score (nSPS) is 11.5. The molecule has 3 rings (SSSR count). The second-order valence-corrected chi connectivity index (χ2v) is 6.59. The summed E-state index contributed by atoms with van der Waals surface area (Å²) in [6.45, 7) is 1.43. The number of para-hydroxylation sites is 3. The van der Waals surface area contributed by atoms with Crippen LogP contribution in [0.2, 0.25) is 0 Å². The van der Waals surface area contributed by atoms with Gasteiger partial charge in [-0.25, -0.2) is 8.51 Å². The van der Waals surface area contributed by atoms with Crippen LogP contribution in [0.4, 0.5) is 28.4 Å². The molecule has 0 fully saturated rings. The van der Waals surface area contributed by atoms with Crippen molar-refractivity contribution in [1.82, 2.24) is 0 Å². The number of nitrogens with one attached hydrogen (secondary N) is 2. The van der Waals surface area contributed by atoms with Crippen LogP contribution in [0.15, 0.2) is 78.9 Å². The van der Waals surface area contributed by atoms with Crippen molar-refractivity contribution in [1.29, 1.82) is 0 Å². The summed E-state index contributed by atoms with van der Waals surface area (Å²) in [7, 11) is 0. The lowest BCUT2D eigenvalue weighted by molar-refractivity contribution is -0.114. The van der Waals surface area contributed by atoms with Gasteiger partial charge < -0.3 is 10.6 Å². The van der Waals surface area contributed by atoms with Crippen molar-refractivity contribution in [3.63, 3.8) is 0 Å². The lowest BCUT2D eigenvalue weighted by atomic mass is 10.2. The van der Waals surface area contributed by atoms with Crippen LogP contribution in [0.25, 0.3) is 0 Å². The van der Waals surface area contributed by atoms with Crippen molar-refractivity contribution in [3.05, 3.63) is 78.9 Å². The van der Waals surface area contributed by atoms with Gasteiger partial charge in [-0.2, -0.15) is 0 Å². The van der Waals surface area contributed by atoms with Crippen LogP contribution in [0, 0.1) is 0 Å². The first-order chi connectivity index (χ1) is 13.0. The second-order valence-electron chi connectivity index (χ2n) is 5.76. The van der Waals surface area contributed by atoms with Crippen molar-refractivity contribution >= 4 is 45.6 Å². The van der Waals surface area contributed by atoms with Gasteiger partial charge in [0, 0.05) is 18.3 Å². The van der Waals surface area contributed by atoms with E-state index in [9.17, 15) is 13.6 Å². The molecule has 0 aliphatic rings. The molecule has 3 aromatic carbocycles. The number of benzene rings is 3. The summed E-state index contributed by atoms with van der Waals surface area (Å²) in [6.07, 6.45) is 0. The molecule has 138 valence electrons. The molecule has 0 radical (unpaired) electrons. The number of hydrogen-bond donors (Lipinski definition) is 3. The third kappa shape index (κ3) is 4.72. The van der Waals surface area contributed by atoms with Gasteiger partial charge in [-0.1, -0.05) is 30.3 Å². The zero-order chi connectivity index (χ0) is 19.2. The van der Waals surface area contributed by atoms with E-state index in [4.69, 9.17) is 0 Å². The Labute approximate surface area is 160 Å². The molecule has 1 unspecified atom stereocenters. The van der Waals surface area contributed by atoms with Gasteiger partial charge in [0.25, 0.3) is 11.3 Å². The molecule has 3 N–H and O–H groups in total. The van der Waals surface area contributed by atoms with Crippen LogP contribution in [0.1, 0.15) is 6.92 Å². The molecule has 3 aromatic rings. The molecule has 1 amide bonds. The number of nitrogens with zero attached hydrogens (tertiary/aromatic N) is 1. The maximum Gasteiger partial charge on any atom is 0.266 e. The number of amides is 1. The van der Waals surface area contributed by atoms with Crippen molar-refractivity contribution < 1.29 is 13.6 Å². The highest BCUT2D eigenvalue weighted by molar-refractivity contribution is 7.81. The topological polar surface area (TPSA) is 81.7 Å². The van der Waals surface area contributed by atoms with Crippen LogP contribution in [0.3, 0.4) is 0 Å². The van der Waals surface area contributed by atoms with E-state index in [1.165, 1.54) is 11.2 Å². The maximum absolute atomic E-state index is 12.1. The summed E-state index contributed by atoms with van der Waals surface area (Å²) in [5.41, 5.74) is 3.25. The van der Waals surface area contributed by atoms with Gasteiger partial charge in [0.05, 0.1) is 17.1 Å². The van der Waals surface area contributed by atoms with E-state index in [1.54, 1.807) is 36.4 Å². The quantitative estimate of drug-likeness (QED) is 0.542. The van der Waals surface area contributed by atoms with Gasteiger partial charge in [0.1, 0.15) is 0 Å². The molecular formula is C20H19N3O3S. The Kier molecular flexibility index (Phi) is 5.85. The predicted octanol–water partition coefficient (Wildman–Crippen LogP) is 4.66. The fourth-order valence-electron chi connectivity index (χ4n) is 2.63. The van der Waals surface area contributed by atoms with Crippen LogP contribution in [-0.2, 0) is 16.1 Å². The summed E-state index contributed by atoms with van der Waals surface area (Å²) < 4.78 is 23.3. The van der Waals surface area contributed by atoms with Gasteiger partial charge in [0.15, 0.2) is 0 Å². The lowest BCUT2D eigenvalue weighted by Crippen LogP contribution is -2.20. The minimum absolute atomic E-state index is 0.178. The molecule has 0 aliphatic heterocycles. The van der Waals surface area contributed by atoms with Gasteiger partial charge in [-0.05, 0) is 48.5 Å². The number of hydrogen-bond acceptors (Lipinski definition) is 3. The van der Waals surface area contributed by atoms with E-state index in [0.29, 0.717) is 22.7 Å². The third-order valence-electron chi connectivity index (χ3n) is 3.75. The highest BCUT2D eigenvalue weighted by atomic mass is 32.2. The summed E-state index contributed by atoms with van der Waals surface area (Å²) in [5, 5.41) is 5.95. The average Bonchev–Trinajstić information content (AvgIpc) is 2.65. The van der Waals surface area contributed by atoms with E-state index in [-0.39, 0.29) is 5.91 Å². The van der Waals surface area contributed by atoms with E-state index >= 15 is 0 Å². The Morgan fingerprint density at radius 1 is 0.889 bits per heavy atom. The number of carbonyl (C=O) groups excluding carboxylic acids is 1. The van der Waals surface area contributed by atoms with Crippen molar-refractivity contribution in [3.8, 4) is 0 Å². The Morgan fingerprint density at radius 3 is 2.15 bits per heavy atom. The maximum atomic E-state index is 12.1. The smallest absolute Gasteiger partial charge is 0.266 e. The van der Waals surface area contributed by atoms with Crippen LogP contribution in [-0.4, -0.2) is 14.7 Å². The molecule has 27 heavy (non-hydrogen) atoms. The standard InChI is InChI=1S/C20H19N3O3S/c1-15(24)21-17-11-13-18(14-12-17)23(27(25)26)20-10-6-5-9-19(20)22-16-7-3-2-4-8-16/h2-14,22H,1H3,(H,21,24)(H,25,26). The molecule has 0 heterocycles. The number of rotatable bonds is 6. The van der Waals surface area contributed by atoms with Crippen LogP contribution in [0.5, 0.6) is 0 Å². The predicted molar refractivity (Wildman–Crippen MR) is 110 cm³/mol. The minimum atomic E-state index is -2.28. The molecule has 0 saturated heterocycles. The third-order valence-corrected chi connectivity index (χ3v) is 4.47. The second kappa shape index (κ2) is 8.48. The van der Waals surface area contributed by atoms with Crippen molar-refractivity contribution in [2.45, 2.75) is 6.92 Å². The molecule has 0 aromatic heterocycles. The van der Waals surface area contributed by atoms with Crippen molar-refractivity contribution in [2.24, 2.45) is 0 Å². The first-order valence-corrected chi connectivity index (χ1v) is 9.31. The Hall–Kier alpha value is -3.16. The summed E-state index contributed by atoms with van der Waals surface area (Å²) in [6, 6.07) is 23.6. The first-order valence-electron chi connectivity index (χ1n) is 8.24. The van der Waals surface area contributed by atoms with Crippen LogP contribution >= 0.6 is 0 Å². The van der Waals surface area contributed by atoms with Gasteiger partial charge in [-0.3, -0.25) is 9.35 Å². The fraction of sp³-hybridized carbons (Fsp3) is 0.0500. The minimum Gasteiger partial charge on any atom is -0.354 e. The van der Waals surface area contributed by atoms with E-state index in [1.807, 2.05) is 42.5 Å². The van der Waals surface area contributed by atoms with E-state index < -0.39 is 11.3 Å². The molecule has 1 atom stereocenters. The zero-order valence-corrected chi connectivity index (χ0v) is 15.4. The van der Waals surface area contributed by atoms with Gasteiger partial charge in [-0.15, -0.1) is 0 Å². The monoisotopic (exact) mass is 381 g/mol. The molecule has 0 bridgehead atoms.